The number of fused-ring (bicyclic) bond motifs is 16. The zero-order chi connectivity index (χ0) is 36.1. The molecule has 0 aromatic heterocycles. The molecule has 0 aliphatic heterocycles. The van der Waals surface area contributed by atoms with Crippen molar-refractivity contribution in [1.29, 1.82) is 0 Å². The third kappa shape index (κ3) is 3.98. The van der Waals surface area contributed by atoms with E-state index in [9.17, 15) is 0 Å². The molecule has 0 spiro atoms. The summed E-state index contributed by atoms with van der Waals surface area (Å²) >= 11 is 0. The smallest absolute Gasteiger partial charge is 0.00965 e. The largest absolute Gasteiger partial charge is 0.0666 e. The van der Waals surface area contributed by atoms with Gasteiger partial charge in [-0.05, 0) is 168 Å². The van der Waals surface area contributed by atoms with E-state index in [1.165, 1.54) is 119 Å². The summed E-state index contributed by atoms with van der Waals surface area (Å²) in [5.74, 6) is 0. The van der Waals surface area contributed by atoms with Crippen LogP contribution in [-0.2, 0) is 0 Å². The fourth-order valence-electron chi connectivity index (χ4n) is 10.7. The molecule has 0 fully saturated rings. The highest BCUT2D eigenvalue weighted by Gasteiger charge is 2.35. The van der Waals surface area contributed by atoms with Crippen LogP contribution >= 0.6 is 0 Å². The van der Waals surface area contributed by atoms with Gasteiger partial charge in [-0.25, -0.2) is 0 Å². The van der Waals surface area contributed by atoms with Crippen molar-refractivity contribution in [2.45, 2.75) is 27.7 Å². The van der Waals surface area contributed by atoms with Gasteiger partial charge in [-0.3, -0.25) is 0 Å². The van der Waals surface area contributed by atoms with Gasteiger partial charge in [-0.15, -0.1) is 0 Å². The van der Waals surface area contributed by atoms with Crippen molar-refractivity contribution in [3.63, 3.8) is 0 Å². The Balaban J connectivity index is 1.04. The van der Waals surface area contributed by atoms with Crippen LogP contribution in [0, 0.1) is 10.8 Å². The minimum absolute atomic E-state index is 0.142. The van der Waals surface area contributed by atoms with Crippen LogP contribution in [0.2, 0.25) is 0 Å². The van der Waals surface area contributed by atoms with Crippen LogP contribution in [0.4, 0.5) is 0 Å². The molecule has 0 heterocycles. The predicted octanol–water partition coefficient (Wildman–Crippen LogP) is 11.0. The van der Waals surface area contributed by atoms with E-state index in [0.29, 0.717) is 0 Å². The molecule has 8 aromatic rings. The molecule has 0 saturated carbocycles. The summed E-state index contributed by atoms with van der Waals surface area (Å²) in [5, 5.41) is 21.3. The summed E-state index contributed by atoms with van der Waals surface area (Å²) in [5.41, 5.74) is 7.89. The molecule has 0 atom stereocenters. The van der Waals surface area contributed by atoms with Gasteiger partial charge >= 0.3 is 0 Å². The Morgan fingerprint density at radius 2 is 0.574 bits per heavy atom. The van der Waals surface area contributed by atoms with Gasteiger partial charge in [0.05, 0.1) is 0 Å². The van der Waals surface area contributed by atoms with E-state index in [1.807, 2.05) is 0 Å². The van der Waals surface area contributed by atoms with Gasteiger partial charge in [0, 0.05) is 10.8 Å². The van der Waals surface area contributed by atoms with Crippen LogP contribution < -0.4 is 20.9 Å². The van der Waals surface area contributed by atoms with Crippen molar-refractivity contribution < 1.29 is 0 Å². The SMILES string of the molecule is CC1(C)C=C(C2=CC(C)(C)C3=c4cc5c6ccccc6c6ccccc6c5cc4=CC3=C2)C=C2C=c3cc4c5ccccc5c5ccccc5c4cc3=C21. The highest BCUT2D eigenvalue weighted by molar-refractivity contribution is 6.26. The van der Waals surface area contributed by atoms with Crippen LogP contribution in [0.25, 0.3) is 87.9 Å². The molecule has 0 saturated heterocycles. The van der Waals surface area contributed by atoms with E-state index in [0.717, 1.165) is 0 Å². The van der Waals surface area contributed by atoms with Crippen LogP contribution in [0.3, 0.4) is 0 Å². The van der Waals surface area contributed by atoms with Gasteiger partial charge in [0.25, 0.3) is 0 Å². The Morgan fingerprint density at radius 1 is 0.296 bits per heavy atom. The molecule has 0 radical (unpaired) electrons. The second kappa shape index (κ2) is 10.2. The molecule has 8 aromatic carbocycles. The van der Waals surface area contributed by atoms with Crippen LogP contribution in [0.15, 0.2) is 168 Å². The van der Waals surface area contributed by atoms with Gasteiger partial charge in [0.15, 0.2) is 0 Å². The van der Waals surface area contributed by atoms with Crippen molar-refractivity contribution in [2.24, 2.45) is 10.8 Å². The molecule has 0 bridgehead atoms. The van der Waals surface area contributed by atoms with Crippen LogP contribution in [0.1, 0.15) is 27.7 Å². The van der Waals surface area contributed by atoms with Crippen molar-refractivity contribution in [2.75, 3.05) is 0 Å². The zero-order valence-corrected chi connectivity index (χ0v) is 31.0. The molecule has 254 valence electrons. The maximum absolute atomic E-state index is 2.52. The van der Waals surface area contributed by atoms with E-state index >= 15 is 0 Å². The van der Waals surface area contributed by atoms with Gasteiger partial charge < -0.3 is 0 Å². The molecular formula is C54H38. The average molecular weight is 687 g/mol. The minimum Gasteiger partial charge on any atom is -0.0666 e. The van der Waals surface area contributed by atoms with Crippen LogP contribution in [0.5, 0.6) is 0 Å². The Bertz CT molecular complexity index is 3280. The lowest BCUT2D eigenvalue weighted by Crippen LogP contribution is -2.29. The first-order valence-electron chi connectivity index (χ1n) is 19.3. The van der Waals surface area contributed by atoms with Gasteiger partial charge in [-0.2, -0.15) is 0 Å². The lowest BCUT2D eigenvalue weighted by Gasteiger charge is -2.33. The quantitative estimate of drug-likeness (QED) is 0.151. The third-order valence-electron chi connectivity index (χ3n) is 12.8. The van der Waals surface area contributed by atoms with Gasteiger partial charge in [0.1, 0.15) is 0 Å². The number of hydrogen-bond donors (Lipinski definition) is 0. The van der Waals surface area contributed by atoms with E-state index < -0.39 is 0 Å². The fourth-order valence-corrected chi connectivity index (χ4v) is 10.7. The van der Waals surface area contributed by atoms with E-state index in [-0.39, 0.29) is 10.8 Å². The van der Waals surface area contributed by atoms with Gasteiger partial charge in [-0.1, -0.05) is 137 Å². The lowest BCUT2D eigenvalue weighted by molar-refractivity contribution is 0.631. The molecule has 0 heteroatoms. The number of hydrogen-bond acceptors (Lipinski definition) is 0. The third-order valence-corrected chi connectivity index (χ3v) is 12.8. The fraction of sp³-hybridized carbons (Fsp3) is 0.111. The molecule has 4 aliphatic carbocycles. The normalized spacial score (nSPS) is 17.9. The molecule has 0 nitrogen and oxygen atoms in total. The Kier molecular flexibility index (Phi) is 5.74. The topological polar surface area (TPSA) is 0 Å². The summed E-state index contributed by atoms with van der Waals surface area (Å²) in [4.78, 5) is 0. The molecular weight excluding hydrogens is 649 g/mol. The Morgan fingerprint density at radius 3 is 0.889 bits per heavy atom. The molecule has 0 unspecified atom stereocenters. The van der Waals surface area contributed by atoms with Crippen molar-refractivity contribution in [3.8, 4) is 0 Å². The first-order chi connectivity index (χ1) is 26.2. The second-order valence-corrected chi connectivity index (χ2v) is 17.0. The standard InChI is InChI=1S/C54H38/c1-53(2)29-35(23-33-21-31-25-47-41-17-9-5-13-37(41)39-15-7-11-19-43(39)49(47)27-45(31)51(33)53)36-24-34-22-32-26-48-42-18-10-6-14-38(42)40-16-8-12-20-44(40)50(48)28-46(32)52(34)54(3,4)30-36/h5-30H,1-4H3. The van der Waals surface area contributed by atoms with E-state index in [4.69, 9.17) is 0 Å². The Hall–Kier alpha value is -6.24. The van der Waals surface area contributed by atoms with Gasteiger partial charge in [0.2, 0.25) is 0 Å². The lowest BCUT2D eigenvalue weighted by atomic mass is 9.70. The zero-order valence-electron chi connectivity index (χ0n) is 31.0. The monoisotopic (exact) mass is 686 g/mol. The van der Waals surface area contributed by atoms with Crippen molar-refractivity contribution in [1.82, 2.24) is 0 Å². The molecule has 4 aliphatic rings. The van der Waals surface area contributed by atoms with Crippen molar-refractivity contribution >= 4 is 87.9 Å². The second-order valence-electron chi connectivity index (χ2n) is 17.0. The van der Waals surface area contributed by atoms with E-state index in [2.05, 4.69) is 185 Å². The maximum atomic E-state index is 2.52. The average Bonchev–Trinajstić information content (AvgIpc) is 3.74. The number of rotatable bonds is 1. The first kappa shape index (κ1) is 30.2. The highest BCUT2D eigenvalue weighted by Crippen LogP contribution is 2.48. The summed E-state index contributed by atoms with van der Waals surface area (Å²) in [6.07, 6.45) is 14.9. The summed E-state index contributed by atoms with van der Waals surface area (Å²) < 4.78 is 0. The number of allylic oxidation sites excluding steroid dienone is 8. The molecule has 0 amide bonds. The highest BCUT2D eigenvalue weighted by atomic mass is 14.4. The van der Waals surface area contributed by atoms with Crippen molar-refractivity contribution in [3.05, 3.63) is 189 Å². The van der Waals surface area contributed by atoms with E-state index in [1.54, 1.807) is 0 Å². The van der Waals surface area contributed by atoms with Crippen LogP contribution in [-0.4, -0.2) is 0 Å². The summed E-state index contributed by atoms with van der Waals surface area (Å²) in [6, 6.07) is 45.5. The molecule has 0 N–H and O–H groups in total. The molecule has 54 heavy (non-hydrogen) atoms. The number of benzene rings is 8. The predicted molar refractivity (Wildman–Crippen MR) is 232 cm³/mol. The maximum Gasteiger partial charge on any atom is 0.00965 e. The molecule has 12 rings (SSSR count). The first-order valence-corrected chi connectivity index (χ1v) is 19.3. The summed E-state index contributed by atoms with van der Waals surface area (Å²) in [6.45, 7) is 9.60. The minimum atomic E-state index is -0.142. The Labute approximate surface area is 314 Å². The summed E-state index contributed by atoms with van der Waals surface area (Å²) in [7, 11) is 0.